The average Bonchev–Trinajstić information content (AvgIpc) is 2.61. The van der Waals surface area contributed by atoms with Gasteiger partial charge in [-0.3, -0.25) is 9.69 Å². The molecule has 0 spiro atoms. The van der Waals surface area contributed by atoms with E-state index in [2.05, 4.69) is 11.9 Å². The van der Waals surface area contributed by atoms with Crippen molar-refractivity contribution < 1.29 is 4.79 Å². The van der Waals surface area contributed by atoms with Crippen molar-refractivity contribution in [2.75, 3.05) is 4.90 Å². The summed E-state index contributed by atoms with van der Waals surface area (Å²) in [5.74, 6) is 0.982. The molecular formula is C13H20N2O. The highest BCUT2D eigenvalue weighted by Gasteiger charge is 2.29. The minimum absolute atomic E-state index is 0.190. The molecule has 1 amide bonds. The van der Waals surface area contributed by atoms with Crippen molar-refractivity contribution in [3.8, 4) is 0 Å². The van der Waals surface area contributed by atoms with E-state index in [9.17, 15) is 4.79 Å². The Morgan fingerprint density at radius 2 is 2.06 bits per heavy atom. The molecule has 0 aromatic carbocycles. The van der Waals surface area contributed by atoms with Crippen molar-refractivity contribution in [1.29, 1.82) is 0 Å². The van der Waals surface area contributed by atoms with E-state index in [1.165, 1.54) is 0 Å². The third kappa shape index (κ3) is 2.60. The van der Waals surface area contributed by atoms with Crippen molar-refractivity contribution >= 4 is 11.7 Å². The molecule has 1 saturated heterocycles. The van der Waals surface area contributed by atoms with Crippen LogP contribution in [-0.4, -0.2) is 16.9 Å². The number of amides is 1. The van der Waals surface area contributed by atoms with Crippen LogP contribution in [0.3, 0.4) is 0 Å². The van der Waals surface area contributed by atoms with Crippen molar-refractivity contribution in [1.82, 2.24) is 4.98 Å². The lowest BCUT2D eigenvalue weighted by Crippen LogP contribution is -2.31. The molecule has 0 bridgehead atoms. The van der Waals surface area contributed by atoms with E-state index in [1.807, 2.05) is 39.0 Å². The number of anilines is 1. The molecule has 1 aliphatic heterocycles. The number of hydrogen-bond acceptors (Lipinski definition) is 2. The van der Waals surface area contributed by atoms with Gasteiger partial charge in [-0.2, -0.15) is 0 Å². The van der Waals surface area contributed by atoms with Gasteiger partial charge >= 0.3 is 0 Å². The van der Waals surface area contributed by atoms with Gasteiger partial charge in [0.05, 0.1) is 0 Å². The third-order valence-electron chi connectivity index (χ3n) is 2.61. The lowest BCUT2D eigenvalue weighted by Gasteiger charge is -2.20. The van der Waals surface area contributed by atoms with E-state index in [1.54, 1.807) is 4.90 Å². The quantitative estimate of drug-likeness (QED) is 0.729. The molecule has 0 N–H and O–H groups in total. The number of carbonyl (C=O) groups excluding carboxylic acids is 1. The fourth-order valence-corrected chi connectivity index (χ4v) is 1.84. The predicted octanol–water partition coefficient (Wildman–Crippen LogP) is 2.93. The Labute approximate surface area is 97.5 Å². The Balaban J connectivity index is 0.000000606. The number of carbonyl (C=O) groups is 1. The minimum Gasteiger partial charge on any atom is -0.294 e. The van der Waals surface area contributed by atoms with Gasteiger partial charge in [0.2, 0.25) is 5.91 Å². The molecule has 1 unspecified atom stereocenters. The van der Waals surface area contributed by atoms with Crippen LogP contribution in [0.1, 0.15) is 39.3 Å². The molecule has 1 atom stereocenters. The zero-order chi connectivity index (χ0) is 12.1. The van der Waals surface area contributed by atoms with Gasteiger partial charge in [-0.15, -0.1) is 0 Å². The zero-order valence-corrected chi connectivity index (χ0v) is 10.5. The van der Waals surface area contributed by atoms with E-state index in [-0.39, 0.29) is 11.9 Å². The van der Waals surface area contributed by atoms with Crippen molar-refractivity contribution in [3.63, 3.8) is 0 Å². The van der Waals surface area contributed by atoms with E-state index in [0.29, 0.717) is 6.42 Å². The maximum Gasteiger partial charge on any atom is 0.228 e. The molecule has 3 heteroatoms. The smallest absolute Gasteiger partial charge is 0.228 e. The largest absolute Gasteiger partial charge is 0.294 e. The van der Waals surface area contributed by atoms with Crippen LogP contribution >= 0.6 is 0 Å². The summed E-state index contributed by atoms with van der Waals surface area (Å²) in [7, 11) is 0. The minimum atomic E-state index is 0.190. The van der Waals surface area contributed by atoms with Gasteiger partial charge < -0.3 is 0 Å². The maximum atomic E-state index is 11.6. The molecule has 1 aromatic heterocycles. The Hall–Kier alpha value is -1.38. The van der Waals surface area contributed by atoms with Crippen molar-refractivity contribution in [2.45, 2.75) is 46.6 Å². The fourth-order valence-electron chi connectivity index (χ4n) is 1.84. The van der Waals surface area contributed by atoms with Crippen LogP contribution in [0.25, 0.3) is 0 Å². The topological polar surface area (TPSA) is 33.2 Å². The van der Waals surface area contributed by atoms with Crippen LogP contribution in [0.4, 0.5) is 5.82 Å². The van der Waals surface area contributed by atoms with Crippen LogP contribution in [0.2, 0.25) is 0 Å². The SMILES string of the molecule is CC.Cc1cccc(N2C(=O)CCC2C)n1. The first kappa shape index (κ1) is 12.7. The van der Waals surface area contributed by atoms with E-state index in [0.717, 1.165) is 17.9 Å². The number of aryl methyl sites for hydroxylation is 1. The van der Waals surface area contributed by atoms with E-state index < -0.39 is 0 Å². The molecule has 16 heavy (non-hydrogen) atoms. The molecule has 0 aliphatic carbocycles. The Kier molecular flexibility index (Phi) is 4.47. The summed E-state index contributed by atoms with van der Waals surface area (Å²) in [4.78, 5) is 17.7. The van der Waals surface area contributed by atoms with Gasteiger partial charge in [0, 0.05) is 18.2 Å². The first-order chi connectivity index (χ1) is 7.68. The molecule has 88 valence electrons. The lowest BCUT2D eigenvalue weighted by atomic mass is 10.2. The molecule has 3 nitrogen and oxygen atoms in total. The van der Waals surface area contributed by atoms with E-state index in [4.69, 9.17) is 0 Å². The third-order valence-corrected chi connectivity index (χ3v) is 2.61. The Morgan fingerprint density at radius 1 is 1.38 bits per heavy atom. The second-order valence-corrected chi connectivity index (χ2v) is 3.79. The first-order valence-electron chi connectivity index (χ1n) is 5.94. The summed E-state index contributed by atoms with van der Waals surface area (Å²) in [5, 5.41) is 0. The summed E-state index contributed by atoms with van der Waals surface area (Å²) in [6.45, 7) is 8.00. The van der Waals surface area contributed by atoms with Gasteiger partial charge in [0.15, 0.2) is 0 Å². The van der Waals surface area contributed by atoms with Crippen LogP contribution in [0.15, 0.2) is 18.2 Å². The highest BCUT2D eigenvalue weighted by molar-refractivity contribution is 5.95. The number of aromatic nitrogens is 1. The van der Waals surface area contributed by atoms with Crippen molar-refractivity contribution in [3.05, 3.63) is 23.9 Å². The maximum absolute atomic E-state index is 11.6. The summed E-state index contributed by atoms with van der Waals surface area (Å²) in [6, 6.07) is 6.06. The Bertz CT molecular complexity index is 363. The molecular weight excluding hydrogens is 200 g/mol. The van der Waals surface area contributed by atoms with Gasteiger partial charge in [-0.05, 0) is 32.4 Å². The molecule has 2 rings (SSSR count). The van der Waals surface area contributed by atoms with Crippen molar-refractivity contribution in [2.24, 2.45) is 0 Å². The molecule has 1 fully saturated rings. The second-order valence-electron chi connectivity index (χ2n) is 3.79. The standard InChI is InChI=1S/C11H14N2O.C2H6/c1-8-4-3-5-10(12-8)13-9(2)6-7-11(13)14;1-2/h3-5,9H,6-7H2,1-2H3;1-2H3. The number of rotatable bonds is 1. The molecule has 0 saturated carbocycles. The molecule has 1 aliphatic rings. The highest BCUT2D eigenvalue weighted by Crippen LogP contribution is 2.24. The van der Waals surface area contributed by atoms with Gasteiger partial charge in [0.1, 0.15) is 5.82 Å². The van der Waals surface area contributed by atoms with Crippen LogP contribution in [-0.2, 0) is 4.79 Å². The fraction of sp³-hybridized carbons (Fsp3) is 0.538. The average molecular weight is 220 g/mol. The summed E-state index contributed by atoms with van der Waals surface area (Å²) < 4.78 is 0. The number of hydrogen-bond donors (Lipinski definition) is 0. The summed E-state index contributed by atoms with van der Waals surface area (Å²) in [5.41, 5.74) is 0.953. The summed E-state index contributed by atoms with van der Waals surface area (Å²) >= 11 is 0. The van der Waals surface area contributed by atoms with Crippen LogP contribution in [0.5, 0.6) is 0 Å². The number of nitrogens with zero attached hydrogens (tertiary/aromatic N) is 2. The Morgan fingerprint density at radius 3 is 2.56 bits per heavy atom. The second kappa shape index (κ2) is 5.64. The zero-order valence-electron chi connectivity index (χ0n) is 10.5. The monoisotopic (exact) mass is 220 g/mol. The van der Waals surface area contributed by atoms with Gasteiger partial charge in [-0.1, -0.05) is 19.9 Å². The molecule has 1 aromatic rings. The number of pyridine rings is 1. The molecule has 0 radical (unpaired) electrons. The molecule has 2 heterocycles. The highest BCUT2D eigenvalue weighted by atomic mass is 16.2. The van der Waals surface area contributed by atoms with Crippen LogP contribution in [0, 0.1) is 6.92 Å². The van der Waals surface area contributed by atoms with Crippen LogP contribution < -0.4 is 4.90 Å². The van der Waals surface area contributed by atoms with Gasteiger partial charge in [0.25, 0.3) is 0 Å². The normalized spacial score (nSPS) is 19.4. The lowest BCUT2D eigenvalue weighted by molar-refractivity contribution is -0.117. The van der Waals surface area contributed by atoms with E-state index >= 15 is 0 Å². The first-order valence-corrected chi connectivity index (χ1v) is 5.94. The summed E-state index contributed by atoms with van der Waals surface area (Å²) in [6.07, 6.45) is 1.59. The van der Waals surface area contributed by atoms with Gasteiger partial charge in [-0.25, -0.2) is 4.98 Å². The predicted molar refractivity (Wildman–Crippen MR) is 66.5 cm³/mol.